The van der Waals surface area contributed by atoms with E-state index in [1.165, 1.54) is 5.56 Å². The van der Waals surface area contributed by atoms with Crippen molar-refractivity contribution in [2.75, 3.05) is 19.6 Å². The standard InChI is InChI=1S/C25H33N3O2/c1-19-7-5-6-10-23(19)24(29)27-17-21-11-13-22(14-12-21)18-28-25(30)26-16-15-20-8-3-2-4-9-20/h2-10,21-22H,11-18H2,1H3,(H,27,29)(H2,26,28,30). The van der Waals surface area contributed by atoms with E-state index in [0.717, 1.165) is 56.3 Å². The van der Waals surface area contributed by atoms with Crippen molar-refractivity contribution in [1.82, 2.24) is 16.0 Å². The molecule has 1 aliphatic carbocycles. The minimum atomic E-state index is -0.0847. The van der Waals surface area contributed by atoms with Crippen LogP contribution in [0.2, 0.25) is 0 Å². The first kappa shape index (κ1) is 21.9. The van der Waals surface area contributed by atoms with Gasteiger partial charge in [0.2, 0.25) is 0 Å². The van der Waals surface area contributed by atoms with Crippen LogP contribution < -0.4 is 16.0 Å². The number of carbonyl (C=O) groups excluding carboxylic acids is 2. The SMILES string of the molecule is Cc1ccccc1C(=O)NCC1CCC(CNC(=O)NCCc2ccccc2)CC1. The zero-order valence-corrected chi connectivity index (χ0v) is 17.8. The van der Waals surface area contributed by atoms with Gasteiger partial charge in [-0.15, -0.1) is 0 Å². The molecule has 0 atom stereocenters. The average molecular weight is 408 g/mol. The van der Waals surface area contributed by atoms with Crippen LogP contribution >= 0.6 is 0 Å². The maximum atomic E-state index is 12.4. The van der Waals surface area contributed by atoms with Gasteiger partial charge in [0.05, 0.1) is 0 Å². The van der Waals surface area contributed by atoms with E-state index in [1.807, 2.05) is 49.4 Å². The van der Waals surface area contributed by atoms with Gasteiger partial charge in [0.25, 0.3) is 5.91 Å². The fourth-order valence-electron chi connectivity index (χ4n) is 4.06. The van der Waals surface area contributed by atoms with Gasteiger partial charge in [-0.1, -0.05) is 48.5 Å². The van der Waals surface area contributed by atoms with Gasteiger partial charge in [-0.2, -0.15) is 0 Å². The monoisotopic (exact) mass is 407 g/mol. The summed E-state index contributed by atoms with van der Waals surface area (Å²) in [5, 5.41) is 9.04. The number of aryl methyl sites for hydroxylation is 1. The third kappa shape index (κ3) is 6.90. The summed E-state index contributed by atoms with van der Waals surface area (Å²) in [6.45, 7) is 4.06. The van der Waals surface area contributed by atoms with Crippen molar-refractivity contribution in [3.63, 3.8) is 0 Å². The molecule has 2 aromatic rings. The lowest BCUT2D eigenvalue weighted by atomic mass is 9.82. The maximum absolute atomic E-state index is 12.4. The number of carbonyl (C=O) groups is 2. The molecule has 2 aromatic carbocycles. The van der Waals surface area contributed by atoms with Crippen molar-refractivity contribution >= 4 is 11.9 Å². The number of hydrogen-bond acceptors (Lipinski definition) is 2. The Balaban J connectivity index is 1.27. The lowest BCUT2D eigenvalue weighted by molar-refractivity contribution is 0.0940. The Bertz CT molecular complexity index is 814. The fraction of sp³-hybridized carbons (Fsp3) is 0.440. The average Bonchev–Trinajstić information content (AvgIpc) is 2.78. The quantitative estimate of drug-likeness (QED) is 0.617. The second-order valence-corrected chi connectivity index (χ2v) is 8.28. The molecule has 0 spiro atoms. The molecule has 0 saturated heterocycles. The van der Waals surface area contributed by atoms with E-state index in [9.17, 15) is 9.59 Å². The van der Waals surface area contributed by atoms with Crippen molar-refractivity contribution in [1.29, 1.82) is 0 Å². The summed E-state index contributed by atoms with van der Waals surface area (Å²) in [6, 6.07) is 17.8. The molecular weight excluding hydrogens is 374 g/mol. The molecule has 0 bridgehead atoms. The highest BCUT2D eigenvalue weighted by atomic mass is 16.2. The van der Waals surface area contributed by atoms with Crippen molar-refractivity contribution in [2.24, 2.45) is 11.8 Å². The highest BCUT2D eigenvalue weighted by molar-refractivity contribution is 5.95. The van der Waals surface area contributed by atoms with E-state index in [2.05, 4.69) is 28.1 Å². The molecule has 160 valence electrons. The summed E-state index contributed by atoms with van der Waals surface area (Å²) in [6.07, 6.45) is 5.21. The van der Waals surface area contributed by atoms with Gasteiger partial charge in [0, 0.05) is 25.2 Å². The van der Waals surface area contributed by atoms with Crippen LogP contribution in [0.1, 0.15) is 47.2 Å². The molecule has 3 amide bonds. The zero-order valence-electron chi connectivity index (χ0n) is 17.8. The maximum Gasteiger partial charge on any atom is 0.314 e. The van der Waals surface area contributed by atoms with Gasteiger partial charge in [-0.05, 0) is 68.1 Å². The van der Waals surface area contributed by atoms with Crippen molar-refractivity contribution in [3.05, 3.63) is 71.3 Å². The Morgan fingerprint density at radius 3 is 2.07 bits per heavy atom. The Morgan fingerprint density at radius 2 is 1.40 bits per heavy atom. The van der Waals surface area contributed by atoms with Crippen LogP contribution in [-0.2, 0) is 6.42 Å². The van der Waals surface area contributed by atoms with Gasteiger partial charge in [0.1, 0.15) is 0 Å². The van der Waals surface area contributed by atoms with E-state index in [0.29, 0.717) is 18.4 Å². The third-order valence-electron chi connectivity index (χ3n) is 6.00. The Kier molecular flexibility index (Phi) is 8.30. The molecule has 3 rings (SSSR count). The van der Waals surface area contributed by atoms with Crippen LogP contribution in [0.15, 0.2) is 54.6 Å². The summed E-state index contributed by atoms with van der Waals surface area (Å²) in [7, 11) is 0. The summed E-state index contributed by atoms with van der Waals surface area (Å²) < 4.78 is 0. The Hall–Kier alpha value is -2.82. The molecule has 1 saturated carbocycles. The van der Waals surface area contributed by atoms with Gasteiger partial charge in [-0.25, -0.2) is 4.79 Å². The van der Waals surface area contributed by atoms with Crippen molar-refractivity contribution < 1.29 is 9.59 Å². The van der Waals surface area contributed by atoms with E-state index < -0.39 is 0 Å². The fourth-order valence-corrected chi connectivity index (χ4v) is 4.06. The molecule has 0 aliphatic heterocycles. The van der Waals surface area contributed by atoms with Gasteiger partial charge in [-0.3, -0.25) is 4.79 Å². The van der Waals surface area contributed by atoms with Crippen LogP contribution in [0.3, 0.4) is 0 Å². The van der Waals surface area contributed by atoms with E-state index >= 15 is 0 Å². The summed E-state index contributed by atoms with van der Waals surface area (Å²) >= 11 is 0. The number of urea groups is 1. The third-order valence-corrected chi connectivity index (χ3v) is 6.00. The molecule has 3 N–H and O–H groups in total. The predicted molar refractivity (Wildman–Crippen MR) is 121 cm³/mol. The Labute approximate surface area is 179 Å². The van der Waals surface area contributed by atoms with E-state index in [4.69, 9.17) is 0 Å². The lowest BCUT2D eigenvalue weighted by Crippen LogP contribution is -2.40. The minimum absolute atomic E-state index is 0.0177. The zero-order chi connectivity index (χ0) is 21.2. The molecule has 1 aliphatic rings. The van der Waals surface area contributed by atoms with Crippen LogP contribution in [0.5, 0.6) is 0 Å². The molecule has 1 fully saturated rings. The normalized spacial score (nSPS) is 18.4. The van der Waals surface area contributed by atoms with Crippen LogP contribution in [0.4, 0.5) is 4.79 Å². The Morgan fingerprint density at radius 1 is 0.800 bits per heavy atom. The first-order valence-corrected chi connectivity index (χ1v) is 11.0. The van der Waals surface area contributed by atoms with Crippen LogP contribution in [0, 0.1) is 18.8 Å². The smallest absolute Gasteiger partial charge is 0.314 e. The highest BCUT2D eigenvalue weighted by Crippen LogP contribution is 2.28. The molecule has 5 heteroatoms. The number of hydrogen-bond donors (Lipinski definition) is 3. The first-order valence-electron chi connectivity index (χ1n) is 11.0. The van der Waals surface area contributed by atoms with Gasteiger partial charge in [0.15, 0.2) is 0 Å². The molecular formula is C25H33N3O2. The van der Waals surface area contributed by atoms with E-state index in [1.54, 1.807) is 0 Å². The minimum Gasteiger partial charge on any atom is -0.352 e. The molecule has 30 heavy (non-hydrogen) atoms. The van der Waals surface area contributed by atoms with E-state index in [-0.39, 0.29) is 11.9 Å². The lowest BCUT2D eigenvalue weighted by Gasteiger charge is -2.28. The van der Waals surface area contributed by atoms with Gasteiger partial charge < -0.3 is 16.0 Å². The predicted octanol–water partition coefficient (Wildman–Crippen LogP) is 4.07. The molecule has 0 unspecified atom stereocenters. The van der Waals surface area contributed by atoms with Gasteiger partial charge >= 0.3 is 6.03 Å². The summed E-state index contributed by atoms with van der Waals surface area (Å²) in [5.74, 6) is 1.06. The highest BCUT2D eigenvalue weighted by Gasteiger charge is 2.22. The second kappa shape index (κ2) is 11.4. The molecule has 0 heterocycles. The van der Waals surface area contributed by atoms with Crippen molar-refractivity contribution in [2.45, 2.75) is 39.0 Å². The number of rotatable bonds is 8. The topological polar surface area (TPSA) is 70.2 Å². The number of nitrogens with one attached hydrogen (secondary N) is 3. The number of amides is 3. The summed E-state index contributed by atoms with van der Waals surface area (Å²) in [4.78, 5) is 24.4. The molecule has 0 radical (unpaired) electrons. The van der Waals surface area contributed by atoms with Crippen LogP contribution in [0.25, 0.3) is 0 Å². The number of benzene rings is 2. The first-order chi connectivity index (χ1) is 14.6. The second-order valence-electron chi connectivity index (χ2n) is 8.28. The summed E-state index contributed by atoms with van der Waals surface area (Å²) in [5.41, 5.74) is 2.99. The molecule has 5 nitrogen and oxygen atoms in total. The largest absolute Gasteiger partial charge is 0.352 e. The van der Waals surface area contributed by atoms with Crippen LogP contribution in [-0.4, -0.2) is 31.6 Å². The molecule has 0 aromatic heterocycles. The van der Waals surface area contributed by atoms with Crippen molar-refractivity contribution in [3.8, 4) is 0 Å².